The highest BCUT2D eigenvalue weighted by atomic mass is 32.2. The van der Waals surface area contributed by atoms with Crippen molar-refractivity contribution in [3.8, 4) is 0 Å². The van der Waals surface area contributed by atoms with Crippen LogP contribution in [0.25, 0.3) is 0 Å². The molecule has 3 heterocycles. The lowest BCUT2D eigenvalue weighted by Crippen LogP contribution is -2.38. The molecule has 1 fully saturated rings. The van der Waals surface area contributed by atoms with E-state index in [2.05, 4.69) is 41.0 Å². The molecule has 0 aromatic carbocycles. The third-order valence-corrected chi connectivity index (χ3v) is 7.56. The standard InChI is InChI=1S/C23H34N4O4S2/c1-5-30-19(28)7-6-10-27-11-8-16(9-12-27)21(29)26-22-25-14-20(33-22)32-15-18-24-13-17(31-18)23(2,3)4/h13-14,16H,5-12,15H2,1-4H3,(H,25,26,29). The number of nitrogens with zero attached hydrogens (tertiary/aromatic N) is 3. The third-order valence-electron chi connectivity index (χ3n) is 5.46. The van der Waals surface area contributed by atoms with Crippen molar-refractivity contribution in [1.29, 1.82) is 0 Å². The average Bonchev–Trinajstić information content (AvgIpc) is 3.42. The number of anilines is 1. The number of oxazole rings is 1. The van der Waals surface area contributed by atoms with E-state index in [0.717, 1.165) is 48.9 Å². The summed E-state index contributed by atoms with van der Waals surface area (Å²) in [6.45, 7) is 11.1. The first-order valence-corrected chi connectivity index (χ1v) is 13.3. The van der Waals surface area contributed by atoms with Crippen LogP contribution < -0.4 is 5.32 Å². The second-order valence-corrected chi connectivity index (χ2v) is 11.5. The molecule has 1 N–H and O–H groups in total. The van der Waals surface area contributed by atoms with Crippen molar-refractivity contribution in [2.24, 2.45) is 5.92 Å². The van der Waals surface area contributed by atoms with E-state index in [1.54, 1.807) is 24.2 Å². The molecule has 182 valence electrons. The molecule has 0 unspecified atom stereocenters. The number of thiazole rings is 1. The number of thioether (sulfide) groups is 1. The van der Waals surface area contributed by atoms with E-state index < -0.39 is 0 Å². The Morgan fingerprint density at radius 2 is 2.03 bits per heavy atom. The number of hydrogen-bond acceptors (Lipinski definition) is 9. The van der Waals surface area contributed by atoms with E-state index >= 15 is 0 Å². The number of amides is 1. The van der Waals surface area contributed by atoms with Crippen LogP contribution in [0.4, 0.5) is 5.13 Å². The monoisotopic (exact) mass is 494 g/mol. The number of hydrogen-bond donors (Lipinski definition) is 1. The summed E-state index contributed by atoms with van der Waals surface area (Å²) in [5.41, 5.74) is -0.0589. The third kappa shape index (κ3) is 8.12. The number of piperidine rings is 1. The van der Waals surface area contributed by atoms with Gasteiger partial charge in [0, 0.05) is 17.8 Å². The van der Waals surface area contributed by atoms with E-state index in [4.69, 9.17) is 9.15 Å². The molecule has 1 aliphatic heterocycles. The van der Waals surface area contributed by atoms with Gasteiger partial charge in [0.15, 0.2) is 5.13 Å². The number of nitrogens with one attached hydrogen (secondary N) is 1. The highest BCUT2D eigenvalue weighted by Gasteiger charge is 2.25. The lowest BCUT2D eigenvalue weighted by atomic mass is 9.94. The molecule has 0 saturated carbocycles. The van der Waals surface area contributed by atoms with Gasteiger partial charge < -0.3 is 19.4 Å². The van der Waals surface area contributed by atoms with Gasteiger partial charge in [-0.05, 0) is 45.8 Å². The zero-order valence-corrected chi connectivity index (χ0v) is 21.5. The lowest BCUT2D eigenvalue weighted by Gasteiger charge is -2.30. The molecule has 0 radical (unpaired) electrons. The zero-order chi connectivity index (χ0) is 23.8. The predicted octanol–water partition coefficient (Wildman–Crippen LogP) is 4.71. The molecule has 8 nitrogen and oxygen atoms in total. The van der Waals surface area contributed by atoms with Crippen molar-refractivity contribution in [2.45, 2.75) is 68.8 Å². The average molecular weight is 495 g/mol. The molecule has 2 aromatic heterocycles. The highest BCUT2D eigenvalue weighted by molar-refractivity contribution is 8.00. The Kier molecular flexibility index (Phi) is 9.34. The van der Waals surface area contributed by atoms with Crippen LogP contribution in [0.15, 0.2) is 21.0 Å². The van der Waals surface area contributed by atoms with Gasteiger partial charge >= 0.3 is 5.97 Å². The highest BCUT2D eigenvalue weighted by Crippen LogP contribution is 2.32. The Morgan fingerprint density at radius 3 is 2.70 bits per heavy atom. The Bertz CT molecular complexity index is 914. The number of aromatic nitrogens is 2. The van der Waals surface area contributed by atoms with Crippen molar-refractivity contribution in [1.82, 2.24) is 14.9 Å². The first-order chi connectivity index (χ1) is 15.7. The van der Waals surface area contributed by atoms with Crippen LogP contribution in [0.2, 0.25) is 0 Å². The molecule has 2 aromatic rings. The molecule has 0 atom stereocenters. The number of carbonyl (C=O) groups is 2. The Labute approximate surface area is 203 Å². The molecule has 1 saturated heterocycles. The van der Waals surface area contributed by atoms with Gasteiger partial charge in [-0.3, -0.25) is 9.59 Å². The quantitative estimate of drug-likeness (QED) is 0.374. The smallest absolute Gasteiger partial charge is 0.305 e. The SMILES string of the molecule is CCOC(=O)CCCN1CCC(C(=O)Nc2ncc(SCc3ncc(C(C)(C)C)o3)s2)CC1. The van der Waals surface area contributed by atoms with Crippen LogP contribution in [-0.2, 0) is 25.5 Å². The van der Waals surface area contributed by atoms with Crippen molar-refractivity contribution in [3.05, 3.63) is 24.0 Å². The number of ether oxygens (including phenoxy) is 1. The van der Waals surface area contributed by atoms with Crippen LogP contribution in [0.5, 0.6) is 0 Å². The van der Waals surface area contributed by atoms with Gasteiger partial charge in [-0.15, -0.1) is 11.8 Å². The van der Waals surface area contributed by atoms with Crippen LogP contribution in [0.1, 0.15) is 65.0 Å². The van der Waals surface area contributed by atoms with Gasteiger partial charge in [-0.25, -0.2) is 9.97 Å². The molecular weight excluding hydrogens is 460 g/mol. The van der Waals surface area contributed by atoms with Crippen molar-refractivity contribution >= 4 is 40.1 Å². The lowest BCUT2D eigenvalue weighted by molar-refractivity contribution is -0.143. The van der Waals surface area contributed by atoms with E-state index in [9.17, 15) is 9.59 Å². The van der Waals surface area contributed by atoms with Gasteiger partial charge in [0.05, 0.1) is 29.0 Å². The molecule has 1 aliphatic rings. The summed E-state index contributed by atoms with van der Waals surface area (Å²) >= 11 is 3.07. The number of carbonyl (C=O) groups excluding carboxylic acids is 2. The Hall–Kier alpha value is -1.91. The van der Waals surface area contributed by atoms with E-state index in [1.807, 2.05) is 6.92 Å². The topological polar surface area (TPSA) is 97.6 Å². The maximum Gasteiger partial charge on any atom is 0.305 e. The fraction of sp³-hybridized carbons (Fsp3) is 0.652. The Morgan fingerprint density at radius 1 is 1.27 bits per heavy atom. The summed E-state index contributed by atoms with van der Waals surface area (Å²) in [7, 11) is 0. The van der Waals surface area contributed by atoms with Gasteiger partial charge in [0.25, 0.3) is 0 Å². The first-order valence-electron chi connectivity index (χ1n) is 11.5. The van der Waals surface area contributed by atoms with Crippen molar-refractivity contribution in [2.75, 3.05) is 31.6 Å². The largest absolute Gasteiger partial charge is 0.466 e. The maximum atomic E-state index is 12.7. The number of likely N-dealkylation sites (tertiary alicyclic amines) is 1. The number of rotatable bonds is 10. The van der Waals surface area contributed by atoms with Crippen LogP contribution in [0, 0.1) is 5.92 Å². The fourth-order valence-electron chi connectivity index (χ4n) is 3.55. The van der Waals surface area contributed by atoms with Gasteiger partial charge in [-0.1, -0.05) is 32.1 Å². The normalized spacial score (nSPS) is 15.5. The molecule has 1 amide bonds. The van der Waals surface area contributed by atoms with E-state index in [0.29, 0.717) is 29.8 Å². The summed E-state index contributed by atoms with van der Waals surface area (Å²) in [5, 5.41) is 3.60. The van der Waals surface area contributed by atoms with Gasteiger partial charge in [-0.2, -0.15) is 0 Å². The second-order valence-electron chi connectivity index (χ2n) is 9.16. The van der Waals surface area contributed by atoms with Gasteiger partial charge in [0.2, 0.25) is 11.8 Å². The van der Waals surface area contributed by atoms with Crippen molar-refractivity contribution < 1.29 is 18.7 Å². The van der Waals surface area contributed by atoms with Crippen LogP contribution in [0.3, 0.4) is 0 Å². The summed E-state index contributed by atoms with van der Waals surface area (Å²) in [4.78, 5) is 35.1. The van der Waals surface area contributed by atoms with Crippen LogP contribution >= 0.6 is 23.1 Å². The van der Waals surface area contributed by atoms with Crippen LogP contribution in [-0.4, -0.2) is 53.0 Å². The predicted molar refractivity (Wildman–Crippen MR) is 131 cm³/mol. The van der Waals surface area contributed by atoms with Gasteiger partial charge in [0.1, 0.15) is 5.76 Å². The molecule has 3 rings (SSSR count). The summed E-state index contributed by atoms with van der Waals surface area (Å²) in [5.74, 6) is 2.09. The molecule has 0 aliphatic carbocycles. The number of esters is 1. The molecule has 0 bridgehead atoms. The summed E-state index contributed by atoms with van der Waals surface area (Å²) in [6.07, 6.45) is 6.45. The maximum absolute atomic E-state index is 12.7. The van der Waals surface area contributed by atoms with E-state index in [-0.39, 0.29) is 23.2 Å². The van der Waals surface area contributed by atoms with E-state index in [1.165, 1.54) is 11.3 Å². The fourth-order valence-corrected chi connectivity index (χ4v) is 5.28. The molecule has 0 spiro atoms. The molecular formula is C23H34N4O4S2. The van der Waals surface area contributed by atoms with Crippen molar-refractivity contribution in [3.63, 3.8) is 0 Å². The second kappa shape index (κ2) is 12.0. The first kappa shape index (κ1) is 25.7. The minimum Gasteiger partial charge on any atom is -0.466 e. The minimum atomic E-state index is -0.136. The Balaban J connectivity index is 1.37. The molecule has 33 heavy (non-hydrogen) atoms. The summed E-state index contributed by atoms with van der Waals surface area (Å²) < 4.78 is 11.8. The minimum absolute atomic E-state index is 0.00514. The zero-order valence-electron chi connectivity index (χ0n) is 19.9. The molecule has 10 heteroatoms. The summed E-state index contributed by atoms with van der Waals surface area (Å²) in [6, 6.07) is 0.